The van der Waals surface area contributed by atoms with Gasteiger partial charge in [0, 0.05) is 18.0 Å². The number of benzene rings is 1. The van der Waals surface area contributed by atoms with Crippen molar-refractivity contribution in [2.45, 2.75) is 51.2 Å². The van der Waals surface area contributed by atoms with E-state index >= 15 is 0 Å². The maximum atomic E-state index is 10.1. The van der Waals surface area contributed by atoms with Gasteiger partial charge in [-0.25, -0.2) is 0 Å². The molecule has 0 radical (unpaired) electrons. The van der Waals surface area contributed by atoms with E-state index in [1.807, 2.05) is 27.0 Å². The van der Waals surface area contributed by atoms with Crippen LogP contribution in [0.1, 0.15) is 48.4 Å². The van der Waals surface area contributed by atoms with Crippen molar-refractivity contribution in [3.05, 3.63) is 22.8 Å². The zero-order chi connectivity index (χ0) is 12.9. The van der Waals surface area contributed by atoms with Gasteiger partial charge in [-0.15, -0.1) is 0 Å². The van der Waals surface area contributed by atoms with Crippen LogP contribution in [0.4, 0.5) is 0 Å². The fourth-order valence-corrected chi connectivity index (χ4v) is 3.34. The molecule has 1 aliphatic carbocycles. The second-order valence-corrected chi connectivity index (χ2v) is 5.76. The molecule has 2 N–H and O–H groups in total. The molecule has 3 nitrogen and oxygen atoms in total. The normalized spacial score (nSPS) is 24.3. The molecule has 1 saturated carbocycles. The molecule has 0 aromatic heterocycles. The average Bonchev–Trinajstić information content (AvgIpc) is 2.32. The lowest BCUT2D eigenvalue weighted by atomic mass is 9.72. The van der Waals surface area contributed by atoms with Crippen LogP contribution in [-0.4, -0.2) is 17.8 Å². The van der Waals surface area contributed by atoms with Crippen LogP contribution in [0.5, 0.6) is 11.5 Å². The summed E-state index contributed by atoms with van der Waals surface area (Å²) < 4.78 is 6.25. The lowest BCUT2D eigenvalue weighted by molar-refractivity contribution is -0.0364. The number of aromatic hydroxyl groups is 1. The largest absolute Gasteiger partial charge is 0.507 e. The maximum Gasteiger partial charge on any atom is 0.125 e. The van der Waals surface area contributed by atoms with Gasteiger partial charge in [0.2, 0.25) is 0 Å². The molecule has 1 heterocycles. The van der Waals surface area contributed by atoms with E-state index < -0.39 is 0 Å². The number of hydrogen-bond acceptors (Lipinski definition) is 3. The fraction of sp³-hybridized carbons (Fsp3) is 0.600. The Morgan fingerprint density at radius 1 is 1.39 bits per heavy atom. The van der Waals surface area contributed by atoms with Crippen molar-refractivity contribution in [1.82, 2.24) is 5.32 Å². The van der Waals surface area contributed by atoms with Crippen LogP contribution >= 0.6 is 0 Å². The molecular weight excluding hydrogens is 226 g/mol. The van der Waals surface area contributed by atoms with Crippen LogP contribution in [0, 0.1) is 13.8 Å². The second kappa shape index (κ2) is 3.89. The van der Waals surface area contributed by atoms with E-state index in [1.54, 1.807) is 0 Å². The van der Waals surface area contributed by atoms with E-state index in [4.69, 9.17) is 4.74 Å². The molecule has 0 saturated heterocycles. The summed E-state index contributed by atoms with van der Waals surface area (Å²) in [5.74, 6) is 1.37. The standard InChI is InChI=1S/C15H21NO2/c1-9-7-12-13(10(2)14(9)17)11(16-3)8-15(18-12)5-4-6-15/h7,11,16-17H,4-6,8H2,1-3H3. The van der Waals surface area contributed by atoms with Gasteiger partial charge in [0.1, 0.15) is 17.1 Å². The lowest BCUT2D eigenvalue weighted by Crippen LogP contribution is -2.48. The molecule has 1 aliphatic heterocycles. The van der Waals surface area contributed by atoms with Crippen LogP contribution in [0.15, 0.2) is 6.07 Å². The number of ether oxygens (including phenoxy) is 1. The maximum absolute atomic E-state index is 10.1. The first kappa shape index (κ1) is 11.8. The molecule has 1 atom stereocenters. The number of nitrogens with one attached hydrogen (secondary N) is 1. The monoisotopic (exact) mass is 247 g/mol. The first-order chi connectivity index (χ1) is 8.56. The highest BCUT2D eigenvalue weighted by molar-refractivity contribution is 5.54. The zero-order valence-electron chi connectivity index (χ0n) is 11.3. The van der Waals surface area contributed by atoms with Gasteiger partial charge in [-0.05, 0) is 57.4 Å². The first-order valence-electron chi connectivity index (χ1n) is 6.76. The predicted molar refractivity (Wildman–Crippen MR) is 71.2 cm³/mol. The fourth-order valence-electron chi connectivity index (χ4n) is 3.34. The number of hydrogen-bond donors (Lipinski definition) is 2. The van der Waals surface area contributed by atoms with Gasteiger partial charge in [-0.1, -0.05) is 0 Å². The number of aryl methyl sites for hydroxylation is 1. The summed E-state index contributed by atoms with van der Waals surface area (Å²) in [7, 11) is 1.99. The lowest BCUT2D eigenvalue weighted by Gasteiger charge is -2.48. The molecule has 0 amide bonds. The van der Waals surface area contributed by atoms with Gasteiger partial charge in [0.15, 0.2) is 0 Å². The van der Waals surface area contributed by atoms with Crippen LogP contribution in [0.25, 0.3) is 0 Å². The van der Waals surface area contributed by atoms with Crippen molar-refractivity contribution in [2.24, 2.45) is 0 Å². The molecule has 2 aliphatic rings. The topological polar surface area (TPSA) is 41.5 Å². The Labute approximate surface area is 108 Å². The average molecular weight is 247 g/mol. The SMILES string of the molecule is CNC1CC2(CCC2)Oc2cc(C)c(O)c(C)c21. The smallest absolute Gasteiger partial charge is 0.125 e. The van der Waals surface area contributed by atoms with Crippen molar-refractivity contribution in [3.8, 4) is 11.5 Å². The van der Waals surface area contributed by atoms with Gasteiger partial charge >= 0.3 is 0 Å². The van der Waals surface area contributed by atoms with E-state index in [0.717, 1.165) is 41.7 Å². The molecule has 1 aromatic rings. The Balaban J connectivity index is 2.11. The van der Waals surface area contributed by atoms with E-state index in [-0.39, 0.29) is 5.60 Å². The number of fused-ring (bicyclic) bond motifs is 1. The molecule has 98 valence electrons. The molecule has 1 unspecified atom stereocenters. The van der Waals surface area contributed by atoms with Crippen molar-refractivity contribution in [2.75, 3.05) is 7.05 Å². The highest BCUT2D eigenvalue weighted by atomic mass is 16.5. The van der Waals surface area contributed by atoms with Gasteiger partial charge < -0.3 is 15.2 Å². The summed E-state index contributed by atoms with van der Waals surface area (Å²) in [6, 6.07) is 2.28. The molecule has 1 aromatic carbocycles. The van der Waals surface area contributed by atoms with Crippen molar-refractivity contribution in [1.29, 1.82) is 0 Å². The Bertz CT molecular complexity index is 492. The molecule has 1 spiro atoms. The summed E-state index contributed by atoms with van der Waals surface area (Å²) in [6.45, 7) is 3.91. The number of rotatable bonds is 1. The minimum Gasteiger partial charge on any atom is -0.507 e. The van der Waals surface area contributed by atoms with E-state index in [0.29, 0.717) is 11.8 Å². The Morgan fingerprint density at radius 2 is 2.11 bits per heavy atom. The number of phenols is 1. The number of phenolic OH excluding ortho intramolecular Hbond substituents is 1. The van der Waals surface area contributed by atoms with Crippen molar-refractivity contribution in [3.63, 3.8) is 0 Å². The van der Waals surface area contributed by atoms with Gasteiger partial charge in [0.05, 0.1) is 0 Å². The Hall–Kier alpha value is -1.22. The quantitative estimate of drug-likeness (QED) is 0.801. The van der Waals surface area contributed by atoms with Gasteiger partial charge in [-0.2, -0.15) is 0 Å². The molecule has 3 rings (SSSR count). The first-order valence-corrected chi connectivity index (χ1v) is 6.76. The van der Waals surface area contributed by atoms with E-state index in [2.05, 4.69) is 5.32 Å². The molecular formula is C15H21NO2. The molecule has 18 heavy (non-hydrogen) atoms. The highest BCUT2D eigenvalue weighted by Gasteiger charge is 2.45. The van der Waals surface area contributed by atoms with E-state index in [1.165, 1.54) is 6.42 Å². The summed E-state index contributed by atoms with van der Waals surface area (Å²) in [5.41, 5.74) is 3.05. The Kier molecular flexibility index (Phi) is 2.56. The van der Waals surface area contributed by atoms with Crippen LogP contribution < -0.4 is 10.1 Å². The molecule has 0 bridgehead atoms. The van der Waals surface area contributed by atoms with Crippen molar-refractivity contribution < 1.29 is 9.84 Å². The highest BCUT2D eigenvalue weighted by Crippen LogP contribution is 2.51. The summed E-state index contributed by atoms with van der Waals surface area (Å²) >= 11 is 0. The van der Waals surface area contributed by atoms with Gasteiger partial charge in [0.25, 0.3) is 0 Å². The third-order valence-electron chi connectivity index (χ3n) is 4.61. The third-order valence-corrected chi connectivity index (χ3v) is 4.61. The minimum atomic E-state index is 0.0521. The van der Waals surface area contributed by atoms with Crippen molar-refractivity contribution >= 4 is 0 Å². The van der Waals surface area contributed by atoms with Crippen LogP contribution in [-0.2, 0) is 0 Å². The second-order valence-electron chi connectivity index (χ2n) is 5.76. The van der Waals surface area contributed by atoms with Crippen LogP contribution in [0.3, 0.4) is 0 Å². The molecule has 1 fully saturated rings. The predicted octanol–water partition coefficient (Wildman–Crippen LogP) is 2.97. The third kappa shape index (κ3) is 1.53. The summed E-state index contributed by atoms with van der Waals surface area (Å²) in [4.78, 5) is 0. The van der Waals surface area contributed by atoms with Crippen LogP contribution in [0.2, 0.25) is 0 Å². The molecule has 3 heteroatoms. The summed E-state index contributed by atoms with van der Waals surface area (Å²) in [5, 5.41) is 13.5. The van der Waals surface area contributed by atoms with Gasteiger partial charge in [-0.3, -0.25) is 0 Å². The summed E-state index contributed by atoms with van der Waals surface area (Å²) in [6.07, 6.45) is 4.59. The minimum absolute atomic E-state index is 0.0521. The zero-order valence-corrected chi connectivity index (χ0v) is 11.3. The Morgan fingerprint density at radius 3 is 2.67 bits per heavy atom. The van der Waals surface area contributed by atoms with E-state index in [9.17, 15) is 5.11 Å².